The van der Waals surface area contributed by atoms with Crippen molar-refractivity contribution in [2.75, 3.05) is 0 Å². The first-order chi connectivity index (χ1) is 11.1. The minimum absolute atomic E-state index is 0.153. The Kier molecular flexibility index (Phi) is 5.05. The van der Waals surface area contributed by atoms with Gasteiger partial charge in [0.2, 0.25) is 5.91 Å². The van der Waals surface area contributed by atoms with Crippen molar-refractivity contribution in [1.29, 1.82) is 0 Å². The van der Waals surface area contributed by atoms with Crippen LogP contribution in [0.15, 0.2) is 30.3 Å². The Morgan fingerprint density at radius 2 is 1.74 bits per heavy atom. The monoisotopic (exact) mass is 314 g/mol. The molecular formula is C20H30N2O. The average Bonchev–Trinajstić information content (AvgIpc) is 2.54. The van der Waals surface area contributed by atoms with E-state index in [1.807, 2.05) is 6.07 Å². The second-order valence-corrected chi connectivity index (χ2v) is 7.69. The molecule has 4 unspecified atom stereocenters. The Balaban J connectivity index is 1.58. The zero-order valence-electron chi connectivity index (χ0n) is 14.4. The summed E-state index contributed by atoms with van der Waals surface area (Å²) in [5.74, 6) is 1.84. The van der Waals surface area contributed by atoms with Gasteiger partial charge in [-0.15, -0.1) is 0 Å². The topological polar surface area (TPSA) is 55.1 Å². The maximum atomic E-state index is 12.7. The predicted molar refractivity (Wildman–Crippen MR) is 94.0 cm³/mol. The highest BCUT2D eigenvalue weighted by Crippen LogP contribution is 2.42. The number of nitrogens with one attached hydrogen (secondary N) is 1. The van der Waals surface area contributed by atoms with Crippen LogP contribution >= 0.6 is 0 Å². The zero-order chi connectivity index (χ0) is 16.4. The van der Waals surface area contributed by atoms with Gasteiger partial charge in [-0.3, -0.25) is 4.79 Å². The average molecular weight is 314 g/mol. The van der Waals surface area contributed by atoms with Crippen LogP contribution in [0.3, 0.4) is 0 Å². The van der Waals surface area contributed by atoms with Crippen LogP contribution in [0.25, 0.3) is 0 Å². The van der Waals surface area contributed by atoms with Crippen LogP contribution in [0.5, 0.6) is 0 Å². The summed E-state index contributed by atoms with van der Waals surface area (Å²) in [6, 6.07) is 10.9. The molecule has 23 heavy (non-hydrogen) atoms. The molecule has 3 N–H and O–H groups in total. The van der Waals surface area contributed by atoms with E-state index in [1.165, 1.54) is 24.8 Å². The van der Waals surface area contributed by atoms with E-state index in [0.29, 0.717) is 23.8 Å². The predicted octanol–water partition coefficient (Wildman–Crippen LogP) is 3.45. The fourth-order valence-corrected chi connectivity index (χ4v) is 4.52. The number of amides is 1. The van der Waals surface area contributed by atoms with Crippen molar-refractivity contribution < 1.29 is 4.79 Å². The highest BCUT2D eigenvalue weighted by Gasteiger charge is 2.40. The van der Waals surface area contributed by atoms with Gasteiger partial charge >= 0.3 is 0 Å². The molecule has 3 nitrogen and oxygen atoms in total. The van der Waals surface area contributed by atoms with Crippen molar-refractivity contribution >= 4 is 5.91 Å². The summed E-state index contributed by atoms with van der Waals surface area (Å²) in [4.78, 5) is 12.7. The number of rotatable bonds is 4. The fraction of sp³-hybridized carbons (Fsp3) is 0.650. The van der Waals surface area contributed by atoms with Gasteiger partial charge in [-0.25, -0.2) is 0 Å². The number of nitrogens with two attached hydrogens (primary N) is 1. The second kappa shape index (κ2) is 7.04. The van der Waals surface area contributed by atoms with Gasteiger partial charge in [-0.05, 0) is 50.0 Å². The minimum atomic E-state index is 0.153. The van der Waals surface area contributed by atoms with Gasteiger partial charge in [0, 0.05) is 23.9 Å². The number of hydrogen-bond donors (Lipinski definition) is 2. The van der Waals surface area contributed by atoms with E-state index in [4.69, 9.17) is 5.73 Å². The standard InChI is InChI=1S/C20H30N2O/c1-13(15-7-4-3-5-8-15)14(2)22-20(23)18-11-16-9-6-10-17(12-18)19(16)21/h3-5,7-8,13-14,16-19H,6,9-12,21H2,1-2H3,(H,22,23). The Morgan fingerprint density at radius 3 is 2.35 bits per heavy atom. The second-order valence-electron chi connectivity index (χ2n) is 7.69. The molecule has 1 aromatic carbocycles. The summed E-state index contributed by atoms with van der Waals surface area (Å²) in [6.07, 6.45) is 5.67. The van der Waals surface area contributed by atoms with Gasteiger partial charge < -0.3 is 11.1 Å². The smallest absolute Gasteiger partial charge is 0.223 e. The molecule has 2 bridgehead atoms. The van der Waals surface area contributed by atoms with E-state index in [-0.39, 0.29) is 17.9 Å². The van der Waals surface area contributed by atoms with Gasteiger partial charge in [0.05, 0.1) is 0 Å². The van der Waals surface area contributed by atoms with Crippen LogP contribution in [0.2, 0.25) is 0 Å². The number of benzene rings is 1. The molecular weight excluding hydrogens is 284 g/mol. The first-order valence-corrected chi connectivity index (χ1v) is 9.17. The van der Waals surface area contributed by atoms with Crippen LogP contribution in [0.4, 0.5) is 0 Å². The van der Waals surface area contributed by atoms with Gasteiger partial charge in [0.25, 0.3) is 0 Å². The third-order valence-electron chi connectivity index (χ3n) is 6.23. The minimum Gasteiger partial charge on any atom is -0.353 e. The van der Waals surface area contributed by atoms with Crippen LogP contribution < -0.4 is 11.1 Å². The highest BCUT2D eigenvalue weighted by molar-refractivity contribution is 5.79. The van der Waals surface area contributed by atoms with Crippen molar-refractivity contribution in [2.24, 2.45) is 23.5 Å². The Hall–Kier alpha value is -1.35. The van der Waals surface area contributed by atoms with Crippen molar-refractivity contribution in [3.8, 4) is 0 Å². The van der Waals surface area contributed by atoms with E-state index in [1.54, 1.807) is 0 Å². The molecule has 4 atom stereocenters. The third kappa shape index (κ3) is 3.60. The quantitative estimate of drug-likeness (QED) is 0.894. The molecule has 0 spiro atoms. The molecule has 1 amide bonds. The zero-order valence-corrected chi connectivity index (χ0v) is 14.4. The van der Waals surface area contributed by atoms with E-state index in [2.05, 4.69) is 43.4 Å². The van der Waals surface area contributed by atoms with E-state index in [9.17, 15) is 4.79 Å². The van der Waals surface area contributed by atoms with Crippen LogP contribution in [0.1, 0.15) is 57.4 Å². The SMILES string of the molecule is CC(NC(=O)C1CC2CCCC(C1)C2N)C(C)c1ccccc1. The molecule has 1 aromatic rings. The summed E-state index contributed by atoms with van der Waals surface area (Å²) in [7, 11) is 0. The molecule has 2 fully saturated rings. The Bertz CT molecular complexity index is 516. The maximum absolute atomic E-state index is 12.7. The number of carbonyl (C=O) groups excluding carboxylic acids is 1. The van der Waals surface area contributed by atoms with Gasteiger partial charge in [-0.1, -0.05) is 43.7 Å². The first-order valence-electron chi connectivity index (χ1n) is 9.17. The lowest BCUT2D eigenvalue weighted by Gasteiger charge is -2.43. The summed E-state index contributed by atoms with van der Waals surface area (Å²) in [5.41, 5.74) is 7.62. The van der Waals surface area contributed by atoms with E-state index in [0.717, 1.165) is 12.8 Å². The lowest BCUT2D eigenvalue weighted by molar-refractivity contribution is -0.128. The lowest BCUT2D eigenvalue weighted by Crippen LogP contribution is -2.50. The van der Waals surface area contributed by atoms with Crippen molar-refractivity contribution in [3.63, 3.8) is 0 Å². The van der Waals surface area contributed by atoms with Crippen LogP contribution in [-0.2, 0) is 4.79 Å². The molecule has 2 saturated carbocycles. The molecule has 2 aliphatic rings. The molecule has 0 aliphatic heterocycles. The summed E-state index contributed by atoms with van der Waals surface area (Å²) in [5, 5.41) is 3.27. The molecule has 0 radical (unpaired) electrons. The first kappa shape index (κ1) is 16.5. The fourth-order valence-electron chi connectivity index (χ4n) is 4.52. The van der Waals surface area contributed by atoms with Crippen molar-refractivity contribution in [2.45, 2.75) is 64.0 Å². The molecule has 3 rings (SSSR count). The highest BCUT2D eigenvalue weighted by atomic mass is 16.1. The van der Waals surface area contributed by atoms with E-state index >= 15 is 0 Å². The van der Waals surface area contributed by atoms with Gasteiger partial charge in [0.15, 0.2) is 0 Å². The maximum Gasteiger partial charge on any atom is 0.223 e. The number of carbonyl (C=O) groups is 1. The summed E-state index contributed by atoms with van der Waals surface area (Å²) in [6.45, 7) is 4.30. The Labute approximate surface area is 140 Å². The van der Waals surface area contributed by atoms with Gasteiger partial charge in [-0.2, -0.15) is 0 Å². The normalized spacial score (nSPS) is 32.8. The van der Waals surface area contributed by atoms with Gasteiger partial charge in [0.1, 0.15) is 0 Å². The van der Waals surface area contributed by atoms with Crippen molar-refractivity contribution in [1.82, 2.24) is 5.32 Å². The van der Waals surface area contributed by atoms with Crippen molar-refractivity contribution in [3.05, 3.63) is 35.9 Å². The largest absolute Gasteiger partial charge is 0.353 e. The molecule has 126 valence electrons. The summed E-state index contributed by atoms with van der Waals surface area (Å²) < 4.78 is 0. The number of fused-ring (bicyclic) bond motifs is 2. The van der Waals surface area contributed by atoms with Crippen LogP contribution in [0, 0.1) is 17.8 Å². The molecule has 0 heterocycles. The molecule has 0 aromatic heterocycles. The lowest BCUT2D eigenvalue weighted by atomic mass is 9.65. The molecule has 3 heteroatoms. The molecule has 2 aliphatic carbocycles. The van der Waals surface area contributed by atoms with Crippen LogP contribution in [-0.4, -0.2) is 18.0 Å². The number of hydrogen-bond acceptors (Lipinski definition) is 2. The Morgan fingerprint density at radius 1 is 1.13 bits per heavy atom. The summed E-state index contributed by atoms with van der Waals surface area (Å²) >= 11 is 0. The van der Waals surface area contributed by atoms with E-state index < -0.39 is 0 Å². The third-order valence-corrected chi connectivity index (χ3v) is 6.23. The molecule has 0 saturated heterocycles.